The van der Waals surface area contributed by atoms with Crippen LogP contribution in [0.3, 0.4) is 0 Å². The Labute approximate surface area is 150 Å². The van der Waals surface area contributed by atoms with Gasteiger partial charge in [-0.2, -0.15) is 13.5 Å². The van der Waals surface area contributed by atoms with Crippen LogP contribution in [-0.4, -0.2) is 37.7 Å². The average molecular weight is 446 g/mol. The van der Waals surface area contributed by atoms with Crippen molar-refractivity contribution in [3.8, 4) is 0 Å². The van der Waals surface area contributed by atoms with Crippen molar-refractivity contribution in [2.45, 2.75) is 0 Å². The van der Waals surface area contributed by atoms with Crippen molar-refractivity contribution in [3.63, 3.8) is 0 Å². The maximum absolute atomic E-state index is 0. The predicted molar refractivity (Wildman–Crippen MR) is 18.9 cm³/mol. The molecule has 0 aliphatic carbocycles. The molecule has 0 bridgehead atoms. The van der Waals surface area contributed by atoms with Crippen molar-refractivity contribution in [2.24, 2.45) is 0 Å². The van der Waals surface area contributed by atoms with E-state index in [1.165, 1.54) is 0 Å². The zero-order valence-corrected chi connectivity index (χ0v) is 12.3. The molecule has 0 amide bonds. The molecule has 1 radical (unpaired) electrons. The Morgan fingerprint density at radius 3 is 1.00 bits per heavy atom. The first kappa shape index (κ1) is 32.2. The van der Waals surface area contributed by atoms with Crippen LogP contribution in [0.2, 0.25) is 0 Å². The fourth-order valence-corrected chi connectivity index (χ4v) is 0. The van der Waals surface area contributed by atoms with Crippen LogP contribution in [0.4, 0.5) is 0 Å². The van der Waals surface area contributed by atoms with Gasteiger partial charge in [0, 0.05) is 104 Å². The van der Waals surface area contributed by atoms with Crippen molar-refractivity contribution >= 4 is 51.2 Å². The minimum Gasteiger partial charge on any atom is 0 e. The van der Waals surface area contributed by atoms with Crippen LogP contribution >= 0.6 is 13.5 Å². The number of hydrogen-bond acceptors (Lipinski definition) is 0. The fraction of sp³-hybridized carbons (Fsp3) is 0. The van der Waals surface area contributed by atoms with Crippen molar-refractivity contribution < 1.29 is 104 Å². The molecule has 0 aliphatic heterocycles. The molecule has 0 N–H and O–H groups in total. The predicted octanol–water partition coefficient (Wildman–Crippen LogP) is -0.806. The molecule has 0 spiro atoms. The zero-order chi connectivity index (χ0) is 0. The van der Waals surface area contributed by atoms with E-state index in [0.717, 1.165) is 0 Å². The molecule has 0 saturated heterocycles. The monoisotopic (exact) mass is 445 g/mol. The van der Waals surface area contributed by atoms with Crippen LogP contribution in [-0.2, 0) is 26.2 Å². The molecule has 0 rings (SSSR count). The Kier molecular flexibility index (Phi) is 148. The second kappa shape index (κ2) is 23.0. The van der Waals surface area contributed by atoms with Crippen LogP contribution < -0.4 is 0 Å². The van der Waals surface area contributed by atoms with Crippen LogP contribution in [0.25, 0.3) is 0 Å². The first-order valence-electron chi connectivity index (χ1n) is 0. The maximum Gasteiger partial charge on any atom is 0 e. The van der Waals surface area contributed by atoms with E-state index in [1.807, 2.05) is 0 Å². The topological polar surface area (TPSA) is 0 Å². The first-order chi connectivity index (χ1) is 0. The second-order valence-corrected chi connectivity index (χ2v) is 0. The number of rotatable bonds is 0. The summed E-state index contributed by atoms with van der Waals surface area (Å²) in [5.74, 6) is 0. The maximum atomic E-state index is 0. The van der Waals surface area contributed by atoms with E-state index >= 15 is 0 Å². The Hall–Kier alpha value is 5.06. The van der Waals surface area contributed by atoms with Gasteiger partial charge in [0.25, 0.3) is 0 Å². The molecule has 0 aromatic carbocycles. The molecule has 23 valence electrons. The summed E-state index contributed by atoms with van der Waals surface area (Å²) in [6, 6.07) is 0. The summed E-state index contributed by atoms with van der Waals surface area (Å²) < 4.78 is 0. The van der Waals surface area contributed by atoms with E-state index < -0.39 is 0 Å². The van der Waals surface area contributed by atoms with Gasteiger partial charge in [-0.15, -0.1) is 0 Å². The van der Waals surface area contributed by atoms with Gasteiger partial charge in [-0.25, -0.2) is 0 Å². The largest absolute Gasteiger partial charge is 0 e. The van der Waals surface area contributed by atoms with E-state index in [0.29, 0.717) is 0 Å². The van der Waals surface area contributed by atoms with Crippen molar-refractivity contribution in [1.82, 2.24) is 0 Å². The molecule has 0 fully saturated rings. The minimum absolute atomic E-state index is 0. The van der Waals surface area contributed by atoms with Gasteiger partial charge in [0.05, 0.1) is 0 Å². The summed E-state index contributed by atoms with van der Waals surface area (Å²) >= 11 is 0. The smallest absolute Gasteiger partial charge is 0 e. The van der Waals surface area contributed by atoms with Crippen LogP contribution in [0, 0.1) is 77.3 Å². The summed E-state index contributed by atoms with van der Waals surface area (Å²) in [5.41, 5.74) is 0. The first-order valence-corrected chi connectivity index (χ1v) is 0. The fourth-order valence-electron chi connectivity index (χ4n) is 0. The standard InChI is InChI=1S/Ca.Ce.La.H2S.Zr.2H/h;;;1H2;;;. The van der Waals surface area contributed by atoms with Gasteiger partial charge in [0.1, 0.15) is 0 Å². The van der Waals surface area contributed by atoms with Crippen LogP contribution in [0.1, 0.15) is 0 Å². The quantitative estimate of drug-likeness (QED) is 0.428. The summed E-state index contributed by atoms with van der Waals surface area (Å²) in [6.45, 7) is 0. The van der Waals surface area contributed by atoms with Gasteiger partial charge in [-0.1, -0.05) is 0 Å². The van der Waals surface area contributed by atoms with Crippen molar-refractivity contribution in [3.05, 3.63) is 0 Å². The van der Waals surface area contributed by atoms with E-state index in [1.54, 1.807) is 0 Å². The molecule has 0 nitrogen and oxygen atoms in total. The third-order valence-electron chi connectivity index (χ3n) is 0. The van der Waals surface area contributed by atoms with E-state index in [4.69, 9.17) is 0 Å². The van der Waals surface area contributed by atoms with Crippen molar-refractivity contribution in [2.75, 3.05) is 0 Å². The van der Waals surface area contributed by atoms with Crippen LogP contribution in [0.15, 0.2) is 0 Å². The van der Waals surface area contributed by atoms with E-state index in [9.17, 15) is 0 Å². The van der Waals surface area contributed by atoms with Gasteiger partial charge in [0.15, 0.2) is 0 Å². The second-order valence-electron chi connectivity index (χ2n) is 0. The summed E-state index contributed by atoms with van der Waals surface area (Å²) in [5, 5.41) is 0. The summed E-state index contributed by atoms with van der Waals surface area (Å²) in [4.78, 5) is 0. The zero-order valence-electron chi connectivity index (χ0n) is 2.08. The molecule has 0 heterocycles. The molecule has 0 saturated carbocycles. The number of hydrogen-bond donors (Lipinski definition) is 0. The Balaban J connectivity index is 0. The summed E-state index contributed by atoms with van der Waals surface area (Å²) in [6.07, 6.45) is 0. The van der Waals surface area contributed by atoms with Crippen molar-refractivity contribution in [1.29, 1.82) is 0 Å². The van der Waals surface area contributed by atoms with E-state index in [2.05, 4.69) is 0 Å². The minimum atomic E-state index is 0. The molecule has 0 aliphatic rings. The molecular formula is H4CaCeLaSZr. The van der Waals surface area contributed by atoms with Gasteiger partial charge >= 0.3 is 37.7 Å². The SMILES string of the molecule is S.[CaH2].[Ce].[La].[Zr]. The Morgan fingerprint density at radius 1 is 1.00 bits per heavy atom. The summed E-state index contributed by atoms with van der Waals surface area (Å²) in [7, 11) is 0. The molecular weight excluding hydrogens is 442 g/mol. The molecule has 5 heteroatoms. The van der Waals surface area contributed by atoms with Gasteiger partial charge in [0.2, 0.25) is 0 Å². The molecule has 0 atom stereocenters. The normalized spacial score (nSPS) is 0. The average Bonchev–Trinajstić information content (AvgIpc) is 0. The third-order valence-corrected chi connectivity index (χ3v) is 0. The molecule has 0 unspecified atom stereocenters. The van der Waals surface area contributed by atoms with Gasteiger partial charge in [-0.3, -0.25) is 0 Å². The van der Waals surface area contributed by atoms with Gasteiger partial charge in [-0.05, 0) is 0 Å². The van der Waals surface area contributed by atoms with Crippen LogP contribution in [0.5, 0.6) is 0 Å². The Bertz CT molecular complexity index is 11.6. The third kappa shape index (κ3) is 17.6. The molecule has 0 aromatic heterocycles. The molecule has 0 aromatic rings. The van der Waals surface area contributed by atoms with E-state index in [-0.39, 0.29) is 155 Å². The Morgan fingerprint density at radius 2 is 1.00 bits per heavy atom. The van der Waals surface area contributed by atoms with Gasteiger partial charge < -0.3 is 0 Å². The molecule has 5 heavy (non-hydrogen) atoms.